The molecule has 0 saturated carbocycles. The number of esters is 1. The van der Waals surface area contributed by atoms with Crippen LogP contribution in [0.1, 0.15) is 27.2 Å². The first-order valence-corrected chi connectivity index (χ1v) is 6.20. The average Bonchev–Trinajstić information content (AvgIpc) is 2.74. The van der Waals surface area contributed by atoms with E-state index in [1.165, 1.54) is 24.0 Å². The molecule has 2 atom stereocenters. The second-order valence-electron chi connectivity index (χ2n) is 4.42. The number of amides is 1. The molecule has 0 aliphatic rings. The first-order valence-electron chi connectivity index (χ1n) is 6.20. The maximum Gasteiger partial charge on any atom is 0.328 e. The Labute approximate surface area is 112 Å². The molecule has 1 amide bonds. The molecule has 19 heavy (non-hydrogen) atoms. The number of nitrogens with two attached hydrogens (primary N) is 1. The van der Waals surface area contributed by atoms with Gasteiger partial charge in [0.2, 0.25) is 0 Å². The molecule has 1 aromatic rings. The van der Waals surface area contributed by atoms with E-state index >= 15 is 0 Å². The summed E-state index contributed by atoms with van der Waals surface area (Å²) < 4.78 is 6.38. The number of hydrogen-bond acceptors (Lipinski definition) is 5. The van der Waals surface area contributed by atoms with E-state index in [-0.39, 0.29) is 18.5 Å². The average molecular weight is 268 g/mol. The van der Waals surface area contributed by atoms with Crippen LogP contribution >= 0.6 is 0 Å². The van der Waals surface area contributed by atoms with Crippen molar-refractivity contribution in [2.45, 2.75) is 45.9 Å². The fourth-order valence-electron chi connectivity index (χ4n) is 1.35. The fraction of sp³-hybridized carbons (Fsp3) is 0.583. The number of hydrogen-bond donors (Lipinski definition) is 2. The van der Waals surface area contributed by atoms with Gasteiger partial charge in [0.05, 0.1) is 11.9 Å². The highest BCUT2D eigenvalue weighted by molar-refractivity contribution is 5.83. The van der Waals surface area contributed by atoms with Crippen molar-refractivity contribution < 1.29 is 14.3 Å². The van der Waals surface area contributed by atoms with E-state index in [2.05, 4.69) is 10.4 Å². The molecule has 0 spiro atoms. The SMILES string of the molecule is CCC(C)NC(=O)C(C)OC(=O)Cn1cc(N)cn1. The zero-order valence-electron chi connectivity index (χ0n) is 11.4. The Kier molecular flexibility index (Phi) is 5.35. The minimum absolute atomic E-state index is 0.0552. The van der Waals surface area contributed by atoms with E-state index in [1.807, 2.05) is 13.8 Å². The van der Waals surface area contributed by atoms with E-state index < -0.39 is 12.1 Å². The second-order valence-corrected chi connectivity index (χ2v) is 4.42. The minimum atomic E-state index is -0.825. The van der Waals surface area contributed by atoms with Crippen molar-refractivity contribution in [1.82, 2.24) is 15.1 Å². The first-order chi connectivity index (χ1) is 8.92. The smallest absolute Gasteiger partial charge is 0.328 e. The van der Waals surface area contributed by atoms with Crippen LogP contribution in [0.2, 0.25) is 0 Å². The van der Waals surface area contributed by atoms with Gasteiger partial charge in [-0.2, -0.15) is 5.10 Å². The van der Waals surface area contributed by atoms with Gasteiger partial charge < -0.3 is 15.8 Å². The van der Waals surface area contributed by atoms with Crippen molar-refractivity contribution in [2.75, 3.05) is 5.73 Å². The number of ether oxygens (including phenoxy) is 1. The van der Waals surface area contributed by atoms with E-state index in [1.54, 1.807) is 0 Å². The molecular weight excluding hydrogens is 248 g/mol. The van der Waals surface area contributed by atoms with Crippen LogP contribution in [0.4, 0.5) is 5.69 Å². The van der Waals surface area contributed by atoms with E-state index in [9.17, 15) is 9.59 Å². The molecule has 0 bridgehead atoms. The van der Waals surface area contributed by atoms with Crippen LogP contribution in [0.3, 0.4) is 0 Å². The highest BCUT2D eigenvalue weighted by Gasteiger charge is 2.19. The first kappa shape index (κ1) is 15.0. The molecule has 1 rings (SSSR count). The number of carbonyl (C=O) groups excluding carboxylic acids is 2. The standard InChI is InChI=1S/C12H20N4O3/c1-4-8(2)15-12(18)9(3)19-11(17)7-16-6-10(13)5-14-16/h5-6,8-9H,4,7,13H2,1-3H3,(H,15,18). The van der Waals surface area contributed by atoms with Crippen LogP contribution in [0, 0.1) is 0 Å². The Balaban J connectivity index is 2.41. The summed E-state index contributed by atoms with van der Waals surface area (Å²) in [6.07, 6.45) is 2.95. The Bertz CT molecular complexity index is 444. The van der Waals surface area contributed by atoms with Crippen LogP contribution in [-0.2, 0) is 20.9 Å². The van der Waals surface area contributed by atoms with Gasteiger partial charge in [0.1, 0.15) is 6.54 Å². The topological polar surface area (TPSA) is 99.2 Å². The van der Waals surface area contributed by atoms with Crippen molar-refractivity contribution in [2.24, 2.45) is 0 Å². The normalized spacial score (nSPS) is 13.6. The Morgan fingerprint density at radius 1 is 1.53 bits per heavy atom. The number of aromatic nitrogens is 2. The number of anilines is 1. The highest BCUT2D eigenvalue weighted by Crippen LogP contribution is 2.00. The molecule has 1 aromatic heterocycles. The lowest BCUT2D eigenvalue weighted by molar-refractivity contribution is -0.155. The van der Waals surface area contributed by atoms with Gasteiger partial charge in [0.25, 0.3) is 5.91 Å². The largest absolute Gasteiger partial charge is 0.451 e. The summed E-state index contributed by atoms with van der Waals surface area (Å²) >= 11 is 0. The van der Waals surface area contributed by atoms with Crippen molar-refractivity contribution >= 4 is 17.6 Å². The Morgan fingerprint density at radius 3 is 2.74 bits per heavy atom. The molecule has 0 radical (unpaired) electrons. The summed E-state index contributed by atoms with van der Waals surface area (Å²) in [6, 6.07) is 0.0552. The van der Waals surface area contributed by atoms with Crippen LogP contribution in [0.15, 0.2) is 12.4 Å². The number of nitrogens with zero attached hydrogens (tertiary/aromatic N) is 2. The predicted octanol–water partition coefficient (Wildman–Crippen LogP) is 0.312. The maximum absolute atomic E-state index is 11.7. The molecular formula is C12H20N4O3. The third kappa shape index (κ3) is 4.99. The maximum atomic E-state index is 11.7. The number of rotatable bonds is 6. The van der Waals surface area contributed by atoms with Crippen molar-refractivity contribution in [3.8, 4) is 0 Å². The van der Waals surface area contributed by atoms with Gasteiger partial charge in [0.15, 0.2) is 6.10 Å². The third-order valence-corrected chi connectivity index (χ3v) is 2.62. The highest BCUT2D eigenvalue weighted by atomic mass is 16.5. The second kappa shape index (κ2) is 6.77. The van der Waals surface area contributed by atoms with Crippen LogP contribution < -0.4 is 11.1 Å². The fourth-order valence-corrected chi connectivity index (χ4v) is 1.35. The lowest BCUT2D eigenvalue weighted by Gasteiger charge is -2.16. The zero-order valence-corrected chi connectivity index (χ0v) is 11.4. The molecule has 106 valence electrons. The monoisotopic (exact) mass is 268 g/mol. The van der Waals surface area contributed by atoms with Crippen LogP contribution in [-0.4, -0.2) is 33.8 Å². The number of nitrogens with one attached hydrogen (secondary N) is 1. The lowest BCUT2D eigenvalue weighted by atomic mass is 10.2. The lowest BCUT2D eigenvalue weighted by Crippen LogP contribution is -2.40. The van der Waals surface area contributed by atoms with Gasteiger partial charge >= 0.3 is 5.97 Å². The summed E-state index contributed by atoms with van der Waals surface area (Å²) in [4.78, 5) is 23.3. The zero-order chi connectivity index (χ0) is 14.4. The molecule has 0 aliphatic carbocycles. The quantitative estimate of drug-likeness (QED) is 0.723. The van der Waals surface area contributed by atoms with Crippen molar-refractivity contribution in [1.29, 1.82) is 0 Å². The molecule has 0 aliphatic heterocycles. The van der Waals surface area contributed by atoms with Gasteiger partial charge in [-0.1, -0.05) is 6.92 Å². The third-order valence-electron chi connectivity index (χ3n) is 2.62. The molecule has 0 saturated heterocycles. The summed E-state index contributed by atoms with van der Waals surface area (Å²) in [5.74, 6) is -0.836. The van der Waals surface area contributed by atoms with Crippen LogP contribution in [0.25, 0.3) is 0 Å². The molecule has 1 heterocycles. The van der Waals surface area contributed by atoms with E-state index in [0.717, 1.165) is 6.42 Å². The molecule has 7 heteroatoms. The summed E-state index contributed by atoms with van der Waals surface area (Å²) in [5.41, 5.74) is 5.94. The van der Waals surface area contributed by atoms with Crippen molar-refractivity contribution in [3.05, 3.63) is 12.4 Å². The van der Waals surface area contributed by atoms with Gasteiger partial charge in [-0.25, -0.2) is 0 Å². The Morgan fingerprint density at radius 2 is 2.21 bits per heavy atom. The van der Waals surface area contributed by atoms with Gasteiger partial charge in [-0.05, 0) is 20.3 Å². The van der Waals surface area contributed by atoms with Gasteiger partial charge in [0, 0.05) is 12.2 Å². The summed E-state index contributed by atoms with van der Waals surface area (Å²) in [6.45, 7) is 5.31. The molecule has 3 N–H and O–H groups in total. The van der Waals surface area contributed by atoms with E-state index in [0.29, 0.717) is 5.69 Å². The summed E-state index contributed by atoms with van der Waals surface area (Å²) in [5, 5.41) is 6.60. The molecule has 0 aromatic carbocycles. The molecule has 7 nitrogen and oxygen atoms in total. The van der Waals surface area contributed by atoms with Gasteiger partial charge in [-0.15, -0.1) is 0 Å². The van der Waals surface area contributed by atoms with Crippen molar-refractivity contribution in [3.63, 3.8) is 0 Å². The number of carbonyl (C=O) groups is 2. The summed E-state index contributed by atoms with van der Waals surface area (Å²) in [7, 11) is 0. The molecule has 2 unspecified atom stereocenters. The molecule has 0 fully saturated rings. The van der Waals surface area contributed by atoms with Gasteiger partial charge in [-0.3, -0.25) is 14.3 Å². The Hall–Kier alpha value is -2.05. The number of nitrogen functional groups attached to an aromatic ring is 1. The predicted molar refractivity (Wildman–Crippen MR) is 70.1 cm³/mol. The van der Waals surface area contributed by atoms with E-state index in [4.69, 9.17) is 10.5 Å². The minimum Gasteiger partial charge on any atom is -0.451 e. The van der Waals surface area contributed by atoms with Crippen LogP contribution in [0.5, 0.6) is 0 Å².